The number of guanidine groups is 1. The van der Waals surface area contributed by atoms with E-state index in [-0.39, 0.29) is 30.1 Å². The quantitative estimate of drug-likeness (QED) is 0.461. The average molecular weight is 393 g/mol. The van der Waals surface area contributed by atoms with Crippen LogP contribution in [0.5, 0.6) is 0 Å². The van der Waals surface area contributed by atoms with Crippen LogP contribution in [0.2, 0.25) is 0 Å². The highest BCUT2D eigenvalue weighted by molar-refractivity contribution is 14.0. The van der Waals surface area contributed by atoms with Crippen molar-refractivity contribution in [3.63, 3.8) is 0 Å². The summed E-state index contributed by atoms with van der Waals surface area (Å²) >= 11 is 0. The molecule has 1 aliphatic heterocycles. The van der Waals surface area contributed by atoms with Crippen LogP contribution in [0.25, 0.3) is 0 Å². The summed E-state index contributed by atoms with van der Waals surface area (Å²) in [6.07, 6.45) is 2.88. The topological polar surface area (TPSA) is 77.5 Å². The molecule has 1 saturated heterocycles. The molecule has 0 saturated carbocycles. The molecule has 2 heterocycles. The number of nitrogens with two attached hydrogens (primary N) is 1. The van der Waals surface area contributed by atoms with Gasteiger partial charge in [0, 0.05) is 38.4 Å². The third-order valence-corrected chi connectivity index (χ3v) is 3.30. The summed E-state index contributed by atoms with van der Waals surface area (Å²) in [4.78, 5) is 4.41. The predicted molar refractivity (Wildman–Crippen MR) is 90.2 cm³/mol. The lowest BCUT2D eigenvalue weighted by atomic mass is 9.99. The van der Waals surface area contributed by atoms with Gasteiger partial charge in [-0.05, 0) is 26.3 Å². The van der Waals surface area contributed by atoms with Gasteiger partial charge in [0.05, 0.1) is 5.69 Å². The SMILES string of the molecule is CC(C)NC(N)=NC[C@@H]1CCO[C@H]1c1ccnn1C.I. The molecule has 1 aromatic heterocycles. The first-order chi connectivity index (χ1) is 9.08. The predicted octanol–water partition coefficient (Wildman–Crippen LogP) is 1.43. The summed E-state index contributed by atoms with van der Waals surface area (Å²) in [7, 11) is 1.94. The molecule has 1 aromatic rings. The Hall–Kier alpha value is -0.830. The smallest absolute Gasteiger partial charge is 0.188 e. The summed E-state index contributed by atoms with van der Waals surface area (Å²) in [6.45, 7) is 5.54. The van der Waals surface area contributed by atoms with Crippen molar-refractivity contribution in [1.29, 1.82) is 0 Å². The van der Waals surface area contributed by atoms with Gasteiger partial charge in [0.1, 0.15) is 6.10 Å². The zero-order valence-electron chi connectivity index (χ0n) is 12.2. The number of ether oxygens (including phenoxy) is 1. The molecule has 0 unspecified atom stereocenters. The van der Waals surface area contributed by atoms with E-state index in [1.807, 2.05) is 31.6 Å². The third-order valence-electron chi connectivity index (χ3n) is 3.30. The van der Waals surface area contributed by atoms with Crippen molar-refractivity contribution in [3.05, 3.63) is 18.0 Å². The minimum atomic E-state index is 0. The summed E-state index contributed by atoms with van der Waals surface area (Å²) in [5.74, 6) is 0.869. The third kappa shape index (κ3) is 4.34. The van der Waals surface area contributed by atoms with E-state index in [2.05, 4.69) is 15.4 Å². The van der Waals surface area contributed by atoms with Gasteiger partial charge >= 0.3 is 0 Å². The molecule has 1 aliphatic rings. The molecule has 0 spiro atoms. The largest absolute Gasteiger partial charge is 0.372 e. The molecule has 0 aromatic carbocycles. The van der Waals surface area contributed by atoms with Crippen LogP contribution >= 0.6 is 24.0 Å². The molecule has 0 bridgehead atoms. The van der Waals surface area contributed by atoms with Crippen molar-refractivity contribution in [2.75, 3.05) is 13.2 Å². The van der Waals surface area contributed by atoms with Crippen molar-refractivity contribution < 1.29 is 4.74 Å². The lowest BCUT2D eigenvalue weighted by Crippen LogP contribution is -2.37. The molecular formula is C13H24IN5O. The minimum Gasteiger partial charge on any atom is -0.372 e. The number of aryl methyl sites for hydroxylation is 1. The van der Waals surface area contributed by atoms with E-state index in [1.165, 1.54) is 0 Å². The Balaban J connectivity index is 0.00000200. The average Bonchev–Trinajstić information content (AvgIpc) is 2.93. The van der Waals surface area contributed by atoms with Gasteiger partial charge in [-0.15, -0.1) is 24.0 Å². The maximum absolute atomic E-state index is 5.83. The summed E-state index contributed by atoms with van der Waals surface area (Å²) < 4.78 is 7.68. The summed E-state index contributed by atoms with van der Waals surface area (Å²) in [5.41, 5.74) is 6.93. The zero-order valence-corrected chi connectivity index (χ0v) is 14.6. The number of aliphatic imine (C=N–C) groups is 1. The van der Waals surface area contributed by atoms with Crippen LogP contribution in [0.3, 0.4) is 0 Å². The first kappa shape index (κ1) is 17.2. The van der Waals surface area contributed by atoms with Crippen LogP contribution in [-0.4, -0.2) is 34.9 Å². The molecule has 114 valence electrons. The van der Waals surface area contributed by atoms with Crippen LogP contribution in [-0.2, 0) is 11.8 Å². The van der Waals surface area contributed by atoms with Gasteiger partial charge in [0.15, 0.2) is 5.96 Å². The second-order valence-electron chi connectivity index (χ2n) is 5.24. The van der Waals surface area contributed by atoms with E-state index in [9.17, 15) is 0 Å². The van der Waals surface area contributed by atoms with Crippen LogP contribution in [0.1, 0.15) is 32.1 Å². The molecule has 20 heavy (non-hydrogen) atoms. The Kier molecular flexibility index (Phi) is 6.74. The van der Waals surface area contributed by atoms with Gasteiger partial charge in [0.25, 0.3) is 0 Å². The van der Waals surface area contributed by atoms with Gasteiger partial charge in [0.2, 0.25) is 0 Å². The Morgan fingerprint density at radius 1 is 1.65 bits per heavy atom. The number of nitrogens with zero attached hydrogens (tertiary/aromatic N) is 3. The molecule has 6 nitrogen and oxygen atoms in total. The molecule has 2 atom stereocenters. The molecular weight excluding hydrogens is 369 g/mol. The fourth-order valence-corrected chi connectivity index (χ4v) is 2.37. The van der Waals surface area contributed by atoms with E-state index in [1.54, 1.807) is 6.20 Å². The lowest BCUT2D eigenvalue weighted by Gasteiger charge is -2.17. The first-order valence-electron chi connectivity index (χ1n) is 6.74. The first-order valence-corrected chi connectivity index (χ1v) is 6.74. The number of nitrogens with one attached hydrogen (secondary N) is 1. The van der Waals surface area contributed by atoms with E-state index < -0.39 is 0 Å². The Morgan fingerprint density at radius 2 is 2.40 bits per heavy atom. The van der Waals surface area contributed by atoms with Crippen molar-refractivity contribution in [2.45, 2.75) is 32.4 Å². The van der Waals surface area contributed by atoms with Gasteiger partial charge in [-0.3, -0.25) is 9.67 Å². The molecule has 2 rings (SSSR count). The summed E-state index contributed by atoms with van der Waals surface area (Å²) in [6, 6.07) is 2.30. The van der Waals surface area contributed by atoms with Crippen molar-refractivity contribution in [3.8, 4) is 0 Å². The van der Waals surface area contributed by atoms with Gasteiger partial charge < -0.3 is 15.8 Å². The van der Waals surface area contributed by atoms with E-state index >= 15 is 0 Å². The van der Waals surface area contributed by atoms with Crippen LogP contribution in [0.4, 0.5) is 0 Å². The molecule has 0 aliphatic carbocycles. The maximum atomic E-state index is 5.83. The highest BCUT2D eigenvalue weighted by Crippen LogP contribution is 2.34. The van der Waals surface area contributed by atoms with Crippen LogP contribution in [0.15, 0.2) is 17.3 Å². The van der Waals surface area contributed by atoms with E-state index in [4.69, 9.17) is 10.5 Å². The normalized spacial score (nSPS) is 22.9. The van der Waals surface area contributed by atoms with Gasteiger partial charge in [-0.25, -0.2) is 0 Å². The van der Waals surface area contributed by atoms with Crippen LogP contribution in [0, 0.1) is 5.92 Å². The number of halogens is 1. The summed E-state index contributed by atoms with van der Waals surface area (Å²) in [5, 5.41) is 7.29. The Labute approximate surface area is 137 Å². The fourth-order valence-electron chi connectivity index (χ4n) is 2.37. The Morgan fingerprint density at radius 3 is 3.00 bits per heavy atom. The van der Waals surface area contributed by atoms with E-state index in [0.717, 1.165) is 18.7 Å². The molecule has 3 N–H and O–H groups in total. The second-order valence-corrected chi connectivity index (χ2v) is 5.24. The van der Waals surface area contributed by atoms with Gasteiger partial charge in [-0.1, -0.05) is 0 Å². The minimum absolute atomic E-state index is 0. The van der Waals surface area contributed by atoms with Crippen molar-refractivity contribution in [2.24, 2.45) is 23.7 Å². The van der Waals surface area contributed by atoms with Crippen molar-refractivity contribution >= 4 is 29.9 Å². The number of hydrogen-bond acceptors (Lipinski definition) is 3. The Bertz CT molecular complexity index is 446. The lowest BCUT2D eigenvalue weighted by molar-refractivity contribution is 0.0859. The van der Waals surface area contributed by atoms with Crippen molar-refractivity contribution in [1.82, 2.24) is 15.1 Å². The number of hydrogen-bond donors (Lipinski definition) is 2. The zero-order chi connectivity index (χ0) is 13.8. The fraction of sp³-hybridized carbons (Fsp3) is 0.692. The highest BCUT2D eigenvalue weighted by atomic mass is 127. The number of aromatic nitrogens is 2. The van der Waals surface area contributed by atoms with E-state index in [0.29, 0.717) is 24.5 Å². The molecule has 7 heteroatoms. The van der Waals surface area contributed by atoms with Crippen LogP contribution < -0.4 is 11.1 Å². The highest BCUT2D eigenvalue weighted by Gasteiger charge is 2.31. The standard InChI is InChI=1S/C13H23N5O.HI/c1-9(2)17-13(14)15-8-10-5-7-19-12(10)11-4-6-16-18(11)3;/h4,6,9-10,12H,5,7-8H2,1-3H3,(H3,14,15,17);1H/t10-,12+;/m0./s1. The molecule has 0 amide bonds. The second kappa shape index (κ2) is 7.82. The van der Waals surface area contributed by atoms with Gasteiger partial charge in [-0.2, -0.15) is 5.10 Å². The monoisotopic (exact) mass is 393 g/mol. The molecule has 1 fully saturated rings. The molecule has 0 radical (unpaired) electrons. The maximum Gasteiger partial charge on any atom is 0.188 e. The number of rotatable bonds is 4.